The molecular formula is C64H44N12O8. The van der Waals surface area contributed by atoms with Crippen molar-refractivity contribution in [2.75, 3.05) is 21.3 Å². The second-order valence-electron chi connectivity index (χ2n) is 19.5. The molecule has 0 aliphatic carbocycles. The van der Waals surface area contributed by atoms with E-state index in [4.69, 9.17) is 58.9 Å². The highest BCUT2D eigenvalue weighted by Gasteiger charge is 2.33. The first kappa shape index (κ1) is 51.6. The van der Waals surface area contributed by atoms with E-state index < -0.39 is 0 Å². The van der Waals surface area contributed by atoms with E-state index in [1.807, 2.05) is 72.8 Å². The van der Waals surface area contributed by atoms with E-state index in [1.165, 1.54) is 27.7 Å². The molecule has 8 aromatic rings. The molecule has 84 heavy (non-hydrogen) atoms. The lowest BCUT2D eigenvalue weighted by molar-refractivity contribution is -0.115. The van der Waals surface area contributed by atoms with Gasteiger partial charge in [0.25, 0.3) is 0 Å². The van der Waals surface area contributed by atoms with Gasteiger partial charge in [-0.15, -0.1) is 0 Å². The number of carbonyl (C=O) groups is 4. The first-order valence-corrected chi connectivity index (χ1v) is 26.3. The number of anilines is 4. The van der Waals surface area contributed by atoms with E-state index in [-0.39, 0.29) is 47.0 Å². The van der Waals surface area contributed by atoms with Crippen molar-refractivity contribution < 1.29 is 38.1 Å². The van der Waals surface area contributed by atoms with Gasteiger partial charge in [0.1, 0.15) is 46.0 Å². The van der Waals surface area contributed by atoms with Gasteiger partial charge in [-0.2, -0.15) is 0 Å². The Morgan fingerprint density at radius 3 is 0.583 bits per heavy atom. The molecule has 13 rings (SSSR count). The number of amidine groups is 8. The van der Waals surface area contributed by atoms with E-state index in [0.717, 1.165) is 0 Å². The summed E-state index contributed by atoms with van der Waals surface area (Å²) in [5.74, 6) is 5.48. The van der Waals surface area contributed by atoms with Crippen LogP contribution in [0.4, 0.5) is 22.7 Å². The molecule has 0 aromatic heterocycles. The third-order valence-electron chi connectivity index (χ3n) is 13.2. The summed E-state index contributed by atoms with van der Waals surface area (Å²) in [4.78, 5) is 88.1. The molecule has 5 aliphatic rings. The Bertz CT molecular complexity index is 3840. The van der Waals surface area contributed by atoms with Crippen molar-refractivity contribution in [1.82, 2.24) is 0 Å². The van der Waals surface area contributed by atoms with E-state index in [0.29, 0.717) is 137 Å². The minimum atomic E-state index is -0.192. The summed E-state index contributed by atoms with van der Waals surface area (Å²) in [7, 11) is 0. The smallest absolute Gasteiger partial charge is 0.221 e. The molecule has 0 saturated heterocycles. The van der Waals surface area contributed by atoms with Crippen LogP contribution in [0.1, 0.15) is 72.2 Å². The van der Waals surface area contributed by atoms with Crippen LogP contribution in [0.5, 0.6) is 46.0 Å². The Hall–Kier alpha value is -11.8. The molecule has 0 unspecified atom stereocenters. The number of rotatable bonds is 12. The zero-order valence-corrected chi connectivity index (χ0v) is 45.0. The number of hydrogen-bond acceptors (Lipinski definition) is 16. The summed E-state index contributed by atoms with van der Waals surface area (Å²) in [5.41, 5.74) is 7.33. The molecule has 20 nitrogen and oxygen atoms in total. The van der Waals surface area contributed by atoms with Gasteiger partial charge >= 0.3 is 0 Å². The highest BCUT2D eigenvalue weighted by Crippen LogP contribution is 2.37. The number of nitrogens with zero attached hydrogens (tertiary/aromatic N) is 8. The van der Waals surface area contributed by atoms with Gasteiger partial charge in [0.2, 0.25) is 23.6 Å². The van der Waals surface area contributed by atoms with Crippen molar-refractivity contribution in [3.05, 3.63) is 214 Å². The molecule has 0 radical (unpaired) electrons. The zero-order valence-electron chi connectivity index (χ0n) is 45.0. The third-order valence-corrected chi connectivity index (χ3v) is 13.2. The fourth-order valence-corrected chi connectivity index (χ4v) is 9.62. The Morgan fingerprint density at radius 1 is 0.238 bits per heavy atom. The van der Waals surface area contributed by atoms with Crippen LogP contribution < -0.4 is 40.2 Å². The third kappa shape index (κ3) is 10.8. The van der Waals surface area contributed by atoms with E-state index in [2.05, 4.69) is 21.3 Å². The van der Waals surface area contributed by atoms with Crippen molar-refractivity contribution in [2.24, 2.45) is 39.9 Å². The molecule has 8 bridgehead atoms. The van der Waals surface area contributed by atoms with Gasteiger partial charge in [0.05, 0.1) is 0 Å². The van der Waals surface area contributed by atoms with Crippen LogP contribution in [-0.2, 0) is 19.2 Å². The summed E-state index contributed by atoms with van der Waals surface area (Å²) in [6.45, 7) is 5.78. The standard InChI is InChI=1S/C64H44N12O8/c1-33(77)65-37-5-13-41(14-6-37)81-45-21-25-49-53(29-45)61-69-57(49)74-62-55-31-47(83-43-17-9-39(10-18-43)67-35(3)79)23-27-51(55)59(71-62)76-64-56-32-48(84-44-19-11-40(12-20-44)68-36(4)80)24-28-52(56)60(72-64)75-63-54-30-46(22-26-50(54)58(70-63)73-61)82-42-15-7-38(8-16-42)66-34(2)78/h5-32H,1-4H3,(H,65,77)(H,66,78)(H,67,79)(H,68,80). The summed E-state index contributed by atoms with van der Waals surface area (Å²) in [5, 5.41) is 11.1. The fraction of sp³-hybridized carbons (Fsp3) is 0.0625. The maximum atomic E-state index is 11.7. The molecule has 5 aliphatic heterocycles. The fourth-order valence-electron chi connectivity index (χ4n) is 9.62. The number of fused-ring (bicyclic) bond motifs is 16. The van der Waals surface area contributed by atoms with Crippen LogP contribution in [0.3, 0.4) is 0 Å². The molecule has 0 spiro atoms. The van der Waals surface area contributed by atoms with Crippen molar-refractivity contribution >= 4 is 93.1 Å². The normalized spacial score (nSPS) is 13.8. The highest BCUT2D eigenvalue weighted by atomic mass is 16.5. The number of nitrogens with one attached hydrogen (secondary N) is 4. The van der Waals surface area contributed by atoms with Gasteiger partial charge in [-0.25, -0.2) is 39.9 Å². The number of amides is 4. The van der Waals surface area contributed by atoms with Crippen LogP contribution in [0.15, 0.2) is 210 Å². The second kappa shape index (κ2) is 21.3. The van der Waals surface area contributed by atoms with Gasteiger partial charge in [-0.3, -0.25) is 19.2 Å². The summed E-state index contributed by atoms with van der Waals surface area (Å²) >= 11 is 0. The topological polar surface area (TPSA) is 252 Å². The van der Waals surface area contributed by atoms with Crippen molar-refractivity contribution in [1.29, 1.82) is 0 Å². The van der Waals surface area contributed by atoms with Crippen molar-refractivity contribution in [3.63, 3.8) is 0 Å². The number of carbonyl (C=O) groups excluding carboxylic acids is 4. The maximum absolute atomic E-state index is 11.7. The Morgan fingerprint density at radius 2 is 0.405 bits per heavy atom. The Kier molecular flexibility index (Phi) is 13.1. The SMILES string of the molecule is CC(=O)Nc1ccc(Oc2ccc3c(c2)C2=NC3=NC3=NC(=NC4=NC(=NC5=NC(=N2)c2ccc(Oc6ccc(NC(C)=O)cc6)cc25)c2ccc(Oc5ccc(NC(C)=O)cc5)cc24)c2ccc(Oc4ccc(NC(C)=O)cc4)cc23)cc1. The molecular weight excluding hydrogens is 1060 g/mol. The monoisotopic (exact) mass is 1110 g/mol. The molecule has 0 atom stereocenters. The average Bonchev–Trinajstić information content (AvgIpc) is 4.40. The summed E-state index contributed by atoms with van der Waals surface area (Å²) in [6.07, 6.45) is 0. The molecule has 4 amide bonds. The van der Waals surface area contributed by atoms with Gasteiger partial charge in [0, 0.05) is 95.0 Å². The molecule has 4 N–H and O–H groups in total. The van der Waals surface area contributed by atoms with E-state index in [1.54, 1.807) is 97.1 Å². The van der Waals surface area contributed by atoms with Gasteiger partial charge in [-0.05, 0) is 170 Å². The van der Waals surface area contributed by atoms with Crippen molar-refractivity contribution in [3.8, 4) is 46.0 Å². The predicted octanol–water partition coefficient (Wildman–Crippen LogP) is 11.8. The number of ether oxygens (including phenoxy) is 4. The van der Waals surface area contributed by atoms with Crippen LogP contribution in [0, 0.1) is 0 Å². The maximum Gasteiger partial charge on any atom is 0.221 e. The molecule has 408 valence electrons. The van der Waals surface area contributed by atoms with Gasteiger partial charge in [-0.1, -0.05) is 0 Å². The molecule has 8 aromatic carbocycles. The Balaban J connectivity index is 0.952. The van der Waals surface area contributed by atoms with Gasteiger partial charge in [0.15, 0.2) is 46.7 Å². The van der Waals surface area contributed by atoms with Crippen LogP contribution in [-0.4, -0.2) is 70.3 Å². The van der Waals surface area contributed by atoms with Crippen LogP contribution >= 0.6 is 0 Å². The average molecular weight is 1110 g/mol. The molecule has 0 fully saturated rings. The van der Waals surface area contributed by atoms with Crippen LogP contribution in [0.25, 0.3) is 0 Å². The largest absolute Gasteiger partial charge is 0.457 e. The quantitative estimate of drug-likeness (QED) is 0.0913. The van der Waals surface area contributed by atoms with Gasteiger partial charge < -0.3 is 40.2 Å². The lowest BCUT2D eigenvalue weighted by Crippen LogP contribution is -2.05. The first-order chi connectivity index (χ1) is 40.7. The van der Waals surface area contributed by atoms with Crippen LogP contribution in [0.2, 0.25) is 0 Å². The zero-order chi connectivity index (χ0) is 57.6. The first-order valence-electron chi connectivity index (χ1n) is 26.3. The lowest BCUT2D eigenvalue weighted by atomic mass is 10.1. The summed E-state index contributed by atoms with van der Waals surface area (Å²) in [6, 6.07) is 50.0. The predicted molar refractivity (Wildman–Crippen MR) is 321 cm³/mol. The lowest BCUT2D eigenvalue weighted by Gasteiger charge is -2.10. The number of benzene rings is 8. The van der Waals surface area contributed by atoms with E-state index >= 15 is 0 Å². The second-order valence-corrected chi connectivity index (χ2v) is 19.5. The van der Waals surface area contributed by atoms with Crippen molar-refractivity contribution in [2.45, 2.75) is 27.7 Å². The minimum Gasteiger partial charge on any atom is -0.457 e. The van der Waals surface area contributed by atoms with E-state index in [9.17, 15) is 19.2 Å². The number of hydrogen-bond donors (Lipinski definition) is 4. The number of aliphatic imine (C=N–C) groups is 8. The molecule has 0 saturated carbocycles. The minimum absolute atomic E-state index is 0.192. The molecule has 5 heterocycles. The molecule has 20 heteroatoms. The highest BCUT2D eigenvalue weighted by molar-refractivity contribution is 6.35. The Labute approximate surface area is 478 Å². The summed E-state index contributed by atoms with van der Waals surface area (Å²) < 4.78 is 25.5.